The van der Waals surface area contributed by atoms with Crippen molar-refractivity contribution in [3.63, 3.8) is 0 Å². The highest BCUT2D eigenvalue weighted by Crippen LogP contribution is 2.32. The van der Waals surface area contributed by atoms with E-state index in [2.05, 4.69) is 5.32 Å². The molecule has 0 spiro atoms. The van der Waals surface area contributed by atoms with Crippen LogP contribution in [0.2, 0.25) is 0 Å². The Balaban J connectivity index is 2.04. The number of halogens is 3. The van der Waals surface area contributed by atoms with Gasteiger partial charge in [-0.1, -0.05) is 44.2 Å². The van der Waals surface area contributed by atoms with Crippen LogP contribution in [0.1, 0.15) is 40.9 Å². The number of carboxylic acids is 1. The Hall–Kier alpha value is -2.34. The highest BCUT2D eigenvalue weighted by atomic mass is 19.4. The third-order valence-corrected chi connectivity index (χ3v) is 4.04. The highest BCUT2D eigenvalue weighted by molar-refractivity contribution is 5.87. The first kappa shape index (κ1) is 19.0. The van der Waals surface area contributed by atoms with Gasteiger partial charge in [-0.2, -0.15) is 13.2 Å². The van der Waals surface area contributed by atoms with E-state index in [9.17, 15) is 18.0 Å². The Kier molecular flexibility index (Phi) is 5.52. The molecular formula is C19H20F3NO2. The van der Waals surface area contributed by atoms with Crippen molar-refractivity contribution in [1.82, 2.24) is 5.32 Å². The van der Waals surface area contributed by atoms with Crippen LogP contribution in [0, 0.1) is 0 Å². The number of rotatable bonds is 6. The van der Waals surface area contributed by atoms with Gasteiger partial charge in [-0.25, -0.2) is 4.79 Å². The molecule has 2 aromatic rings. The molecule has 0 unspecified atom stereocenters. The number of aromatic carboxylic acids is 1. The first-order chi connectivity index (χ1) is 11.6. The molecule has 0 aromatic heterocycles. The Morgan fingerprint density at radius 2 is 1.68 bits per heavy atom. The average Bonchev–Trinajstić information content (AvgIpc) is 2.54. The second-order valence-electron chi connectivity index (χ2n) is 6.57. The predicted molar refractivity (Wildman–Crippen MR) is 89.6 cm³/mol. The third kappa shape index (κ3) is 5.06. The molecule has 0 amide bonds. The molecule has 25 heavy (non-hydrogen) atoms. The van der Waals surface area contributed by atoms with Gasteiger partial charge in [-0.15, -0.1) is 0 Å². The van der Waals surface area contributed by atoms with Gasteiger partial charge < -0.3 is 10.4 Å². The first-order valence-corrected chi connectivity index (χ1v) is 7.80. The second-order valence-corrected chi connectivity index (χ2v) is 6.57. The molecule has 3 nitrogen and oxygen atoms in total. The van der Waals surface area contributed by atoms with Gasteiger partial charge in [0.2, 0.25) is 0 Å². The molecule has 6 heteroatoms. The minimum Gasteiger partial charge on any atom is -0.478 e. The van der Waals surface area contributed by atoms with E-state index >= 15 is 0 Å². The molecule has 0 fully saturated rings. The molecule has 0 aliphatic carbocycles. The molecule has 2 aromatic carbocycles. The Morgan fingerprint density at radius 3 is 2.32 bits per heavy atom. The fraction of sp³-hybridized carbons (Fsp3) is 0.316. The van der Waals surface area contributed by atoms with Crippen molar-refractivity contribution in [1.29, 1.82) is 0 Å². The lowest BCUT2D eigenvalue weighted by Crippen LogP contribution is -2.33. The smallest absolute Gasteiger partial charge is 0.416 e. The van der Waals surface area contributed by atoms with Gasteiger partial charge in [-0.05, 0) is 29.3 Å². The fourth-order valence-corrected chi connectivity index (χ4v) is 2.55. The van der Waals surface area contributed by atoms with Crippen molar-refractivity contribution in [3.05, 3.63) is 70.8 Å². The van der Waals surface area contributed by atoms with Crippen LogP contribution >= 0.6 is 0 Å². The molecular weight excluding hydrogens is 331 g/mol. The second kappa shape index (κ2) is 7.27. The van der Waals surface area contributed by atoms with E-state index in [1.807, 2.05) is 13.8 Å². The summed E-state index contributed by atoms with van der Waals surface area (Å²) in [5.74, 6) is -0.994. The van der Waals surface area contributed by atoms with Gasteiger partial charge in [0.25, 0.3) is 0 Å². The topological polar surface area (TPSA) is 49.3 Å². The molecule has 0 atom stereocenters. The van der Waals surface area contributed by atoms with Crippen molar-refractivity contribution in [3.8, 4) is 0 Å². The summed E-state index contributed by atoms with van der Waals surface area (Å²) in [6.45, 7) is 4.61. The number of hydrogen-bond donors (Lipinski definition) is 2. The molecule has 0 bridgehead atoms. The highest BCUT2D eigenvalue weighted by Gasteiger charge is 2.32. The zero-order valence-electron chi connectivity index (χ0n) is 14.0. The lowest BCUT2D eigenvalue weighted by atomic mass is 9.83. The SMILES string of the molecule is CC(C)(CNCc1cccc(C(=O)O)c1)c1cccc(C(F)(F)F)c1. The van der Waals surface area contributed by atoms with Crippen molar-refractivity contribution >= 4 is 5.97 Å². The molecule has 0 saturated carbocycles. The number of alkyl halides is 3. The van der Waals surface area contributed by atoms with Crippen LogP contribution < -0.4 is 5.32 Å². The van der Waals surface area contributed by atoms with Gasteiger partial charge >= 0.3 is 12.1 Å². The summed E-state index contributed by atoms with van der Waals surface area (Å²) < 4.78 is 38.6. The maximum Gasteiger partial charge on any atom is 0.416 e. The number of benzene rings is 2. The van der Waals surface area contributed by atoms with Crippen molar-refractivity contribution < 1.29 is 23.1 Å². The van der Waals surface area contributed by atoms with Crippen LogP contribution in [0.15, 0.2) is 48.5 Å². The van der Waals surface area contributed by atoms with Crippen LogP contribution in [-0.2, 0) is 18.1 Å². The summed E-state index contributed by atoms with van der Waals surface area (Å²) in [4.78, 5) is 11.0. The van der Waals surface area contributed by atoms with Crippen molar-refractivity contribution in [2.24, 2.45) is 0 Å². The standard InChI is InChI=1S/C19H20F3NO2/c1-18(2,15-7-4-8-16(10-15)19(20,21)22)12-23-11-13-5-3-6-14(9-13)17(24)25/h3-10,23H,11-12H2,1-2H3,(H,24,25). The van der Waals surface area contributed by atoms with E-state index < -0.39 is 23.1 Å². The summed E-state index contributed by atoms with van der Waals surface area (Å²) in [6.07, 6.45) is -4.36. The summed E-state index contributed by atoms with van der Waals surface area (Å²) in [5, 5.41) is 12.2. The average molecular weight is 351 g/mol. The number of carboxylic acid groups (broad SMARTS) is 1. The number of carbonyl (C=O) groups is 1. The Bertz CT molecular complexity index is 754. The lowest BCUT2D eigenvalue weighted by molar-refractivity contribution is -0.137. The monoisotopic (exact) mass is 351 g/mol. The van der Waals surface area contributed by atoms with E-state index in [1.165, 1.54) is 18.2 Å². The normalized spacial score (nSPS) is 12.2. The molecule has 0 radical (unpaired) electrons. The summed E-state index contributed by atoms with van der Waals surface area (Å²) in [7, 11) is 0. The van der Waals surface area contributed by atoms with E-state index in [1.54, 1.807) is 24.3 Å². The molecule has 0 aliphatic rings. The molecule has 0 aliphatic heterocycles. The van der Waals surface area contributed by atoms with Crippen LogP contribution in [0.3, 0.4) is 0 Å². The predicted octanol–water partition coefficient (Wildman–Crippen LogP) is 4.47. The van der Waals surface area contributed by atoms with Crippen LogP contribution in [0.4, 0.5) is 13.2 Å². The molecule has 2 N–H and O–H groups in total. The van der Waals surface area contributed by atoms with Crippen LogP contribution in [0.5, 0.6) is 0 Å². The summed E-state index contributed by atoms with van der Waals surface area (Å²) in [6, 6.07) is 11.9. The number of hydrogen-bond acceptors (Lipinski definition) is 2. The van der Waals surface area contributed by atoms with Gasteiger partial charge in [0.15, 0.2) is 0 Å². The van der Waals surface area contributed by atoms with Crippen LogP contribution in [0.25, 0.3) is 0 Å². The van der Waals surface area contributed by atoms with Gasteiger partial charge in [0.05, 0.1) is 11.1 Å². The third-order valence-electron chi connectivity index (χ3n) is 4.04. The Morgan fingerprint density at radius 1 is 1.04 bits per heavy atom. The summed E-state index contributed by atoms with van der Waals surface area (Å²) in [5.41, 5.74) is 0.434. The van der Waals surface area contributed by atoms with E-state index in [-0.39, 0.29) is 5.56 Å². The van der Waals surface area contributed by atoms with E-state index in [4.69, 9.17) is 5.11 Å². The molecule has 134 valence electrons. The molecule has 0 saturated heterocycles. The minimum absolute atomic E-state index is 0.205. The van der Waals surface area contributed by atoms with Gasteiger partial charge in [0, 0.05) is 18.5 Å². The van der Waals surface area contributed by atoms with Crippen LogP contribution in [-0.4, -0.2) is 17.6 Å². The lowest BCUT2D eigenvalue weighted by Gasteiger charge is -2.26. The number of nitrogens with one attached hydrogen (secondary N) is 1. The van der Waals surface area contributed by atoms with E-state index in [0.717, 1.165) is 11.6 Å². The molecule has 2 rings (SSSR count). The van der Waals surface area contributed by atoms with Gasteiger partial charge in [0.1, 0.15) is 0 Å². The molecule has 0 heterocycles. The van der Waals surface area contributed by atoms with E-state index in [0.29, 0.717) is 18.7 Å². The zero-order valence-corrected chi connectivity index (χ0v) is 14.0. The minimum atomic E-state index is -4.36. The Labute approximate surface area is 144 Å². The maximum atomic E-state index is 12.9. The zero-order chi connectivity index (χ0) is 18.7. The maximum absolute atomic E-state index is 12.9. The first-order valence-electron chi connectivity index (χ1n) is 7.80. The summed E-state index contributed by atoms with van der Waals surface area (Å²) >= 11 is 0. The van der Waals surface area contributed by atoms with Crippen molar-refractivity contribution in [2.45, 2.75) is 32.0 Å². The largest absolute Gasteiger partial charge is 0.478 e. The van der Waals surface area contributed by atoms with Gasteiger partial charge in [-0.3, -0.25) is 0 Å². The fourth-order valence-electron chi connectivity index (χ4n) is 2.55. The quantitative estimate of drug-likeness (QED) is 0.807. The van der Waals surface area contributed by atoms with Crippen molar-refractivity contribution in [2.75, 3.05) is 6.54 Å².